The van der Waals surface area contributed by atoms with Crippen LogP contribution in [0.15, 0.2) is 42.5 Å². The van der Waals surface area contributed by atoms with E-state index in [1.165, 1.54) is 5.56 Å². The van der Waals surface area contributed by atoms with Crippen molar-refractivity contribution < 1.29 is 4.74 Å². The molecule has 0 radical (unpaired) electrons. The number of aryl methyl sites for hydroxylation is 2. The molecule has 2 rings (SSSR count). The molecule has 2 nitrogen and oxygen atoms in total. The SMILES string of the molecule is CCc1ccc(Oc2cccc(C)c2N)cc1. The maximum atomic E-state index is 5.96. The molecule has 0 saturated heterocycles. The lowest BCUT2D eigenvalue weighted by molar-refractivity contribution is 0.484. The molecule has 17 heavy (non-hydrogen) atoms. The first-order valence-corrected chi connectivity index (χ1v) is 5.82. The van der Waals surface area contributed by atoms with E-state index in [0.29, 0.717) is 11.4 Å². The van der Waals surface area contributed by atoms with E-state index in [-0.39, 0.29) is 0 Å². The zero-order valence-electron chi connectivity index (χ0n) is 10.2. The highest BCUT2D eigenvalue weighted by Crippen LogP contribution is 2.29. The minimum absolute atomic E-state index is 0.701. The summed E-state index contributed by atoms with van der Waals surface area (Å²) in [7, 11) is 0. The van der Waals surface area contributed by atoms with Crippen molar-refractivity contribution in [1.82, 2.24) is 0 Å². The van der Waals surface area contributed by atoms with Crippen LogP contribution in [0.3, 0.4) is 0 Å². The molecule has 0 saturated carbocycles. The molecular formula is C15H17NO. The Morgan fingerprint density at radius 2 is 1.76 bits per heavy atom. The van der Waals surface area contributed by atoms with E-state index in [4.69, 9.17) is 10.5 Å². The molecular weight excluding hydrogens is 210 g/mol. The number of nitrogen functional groups attached to an aromatic ring is 1. The lowest BCUT2D eigenvalue weighted by Crippen LogP contribution is -1.94. The van der Waals surface area contributed by atoms with Gasteiger partial charge in [-0.1, -0.05) is 31.2 Å². The summed E-state index contributed by atoms with van der Waals surface area (Å²) in [4.78, 5) is 0. The summed E-state index contributed by atoms with van der Waals surface area (Å²) in [6.07, 6.45) is 1.03. The van der Waals surface area contributed by atoms with Gasteiger partial charge in [-0.2, -0.15) is 0 Å². The lowest BCUT2D eigenvalue weighted by atomic mass is 10.1. The van der Waals surface area contributed by atoms with Crippen LogP contribution in [0.2, 0.25) is 0 Å². The van der Waals surface area contributed by atoms with Gasteiger partial charge < -0.3 is 10.5 Å². The summed E-state index contributed by atoms with van der Waals surface area (Å²) in [6.45, 7) is 4.11. The van der Waals surface area contributed by atoms with E-state index in [1.807, 2.05) is 37.3 Å². The second-order valence-corrected chi connectivity index (χ2v) is 4.09. The normalized spacial score (nSPS) is 10.2. The van der Waals surface area contributed by atoms with Gasteiger partial charge in [-0.05, 0) is 42.7 Å². The summed E-state index contributed by atoms with van der Waals surface area (Å²) in [5, 5.41) is 0. The zero-order chi connectivity index (χ0) is 12.3. The Balaban J connectivity index is 2.22. The van der Waals surface area contributed by atoms with Crippen LogP contribution in [0.4, 0.5) is 5.69 Å². The highest BCUT2D eigenvalue weighted by Gasteiger charge is 2.03. The number of rotatable bonds is 3. The van der Waals surface area contributed by atoms with Crippen molar-refractivity contribution in [2.45, 2.75) is 20.3 Å². The van der Waals surface area contributed by atoms with E-state index >= 15 is 0 Å². The third-order valence-electron chi connectivity index (χ3n) is 2.84. The van der Waals surface area contributed by atoms with Crippen molar-refractivity contribution in [3.05, 3.63) is 53.6 Å². The van der Waals surface area contributed by atoms with E-state index in [1.54, 1.807) is 0 Å². The number of ether oxygens (including phenoxy) is 1. The number of anilines is 1. The van der Waals surface area contributed by atoms with Crippen molar-refractivity contribution in [2.75, 3.05) is 5.73 Å². The largest absolute Gasteiger partial charge is 0.455 e. The Bertz CT molecular complexity index is 503. The second-order valence-electron chi connectivity index (χ2n) is 4.09. The van der Waals surface area contributed by atoms with Crippen LogP contribution >= 0.6 is 0 Å². The van der Waals surface area contributed by atoms with Crippen LogP contribution in [0, 0.1) is 6.92 Å². The Morgan fingerprint density at radius 3 is 2.41 bits per heavy atom. The van der Waals surface area contributed by atoms with E-state index in [2.05, 4.69) is 19.1 Å². The van der Waals surface area contributed by atoms with Gasteiger partial charge in [0, 0.05) is 0 Å². The molecule has 0 amide bonds. The number of hydrogen-bond acceptors (Lipinski definition) is 2. The molecule has 0 heterocycles. The molecule has 0 aromatic heterocycles. The van der Waals surface area contributed by atoms with Crippen LogP contribution < -0.4 is 10.5 Å². The maximum absolute atomic E-state index is 5.96. The molecule has 0 atom stereocenters. The van der Waals surface area contributed by atoms with E-state index < -0.39 is 0 Å². The van der Waals surface area contributed by atoms with Crippen LogP contribution in [-0.2, 0) is 6.42 Å². The fourth-order valence-corrected chi connectivity index (χ4v) is 1.66. The lowest BCUT2D eigenvalue weighted by Gasteiger charge is -2.10. The quantitative estimate of drug-likeness (QED) is 0.806. The van der Waals surface area contributed by atoms with E-state index in [0.717, 1.165) is 17.7 Å². The molecule has 2 N–H and O–H groups in total. The fraction of sp³-hybridized carbons (Fsp3) is 0.200. The fourth-order valence-electron chi connectivity index (χ4n) is 1.66. The topological polar surface area (TPSA) is 35.2 Å². The third kappa shape index (κ3) is 2.59. The van der Waals surface area contributed by atoms with Gasteiger partial charge in [-0.3, -0.25) is 0 Å². The molecule has 2 aromatic carbocycles. The monoisotopic (exact) mass is 227 g/mol. The van der Waals surface area contributed by atoms with Gasteiger partial charge >= 0.3 is 0 Å². The molecule has 2 aromatic rings. The maximum Gasteiger partial charge on any atom is 0.150 e. The highest BCUT2D eigenvalue weighted by atomic mass is 16.5. The molecule has 0 unspecified atom stereocenters. The molecule has 88 valence electrons. The Kier molecular flexibility index (Phi) is 3.33. The number of nitrogens with two attached hydrogens (primary N) is 1. The summed E-state index contributed by atoms with van der Waals surface area (Å²) in [6, 6.07) is 13.9. The van der Waals surface area contributed by atoms with Gasteiger partial charge in [-0.25, -0.2) is 0 Å². The predicted molar refractivity (Wildman–Crippen MR) is 71.5 cm³/mol. The first kappa shape index (κ1) is 11.5. The molecule has 0 fully saturated rings. The van der Waals surface area contributed by atoms with Crippen molar-refractivity contribution in [2.24, 2.45) is 0 Å². The summed E-state index contributed by atoms with van der Waals surface area (Å²) in [5.41, 5.74) is 9.00. The number of benzene rings is 2. The molecule has 0 aliphatic heterocycles. The van der Waals surface area contributed by atoms with Crippen LogP contribution in [-0.4, -0.2) is 0 Å². The Labute approximate surface area is 102 Å². The summed E-state index contributed by atoms with van der Waals surface area (Å²) >= 11 is 0. The molecule has 0 bridgehead atoms. The standard InChI is InChI=1S/C15H17NO/c1-3-12-7-9-13(10-8-12)17-14-6-4-5-11(2)15(14)16/h4-10H,3,16H2,1-2H3. The summed E-state index contributed by atoms with van der Waals surface area (Å²) < 4.78 is 5.76. The van der Waals surface area contributed by atoms with Gasteiger partial charge in [0.15, 0.2) is 5.75 Å². The number of para-hydroxylation sites is 1. The molecule has 0 spiro atoms. The highest BCUT2D eigenvalue weighted by molar-refractivity contribution is 5.58. The van der Waals surface area contributed by atoms with Gasteiger partial charge in [0.1, 0.15) is 5.75 Å². The zero-order valence-corrected chi connectivity index (χ0v) is 10.2. The Hall–Kier alpha value is -1.96. The van der Waals surface area contributed by atoms with Gasteiger partial charge in [0.25, 0.3) is 0 Å². The van der Waals surface area contributed by atoms with Crippen molar-refractivity contribution in [3.63, 3.8) is 0 Å². The third-order valence-corrected chi connectivity index (χ3v) is 2.84. The minimum atomic E-state index is 0.701. The predicted octanol–water partition coefficient (Wildman–Crippen LogP) is 3.93. The average Bonchev–Trinajstić information content (AvgIpc) is 2.36. The smallest absolute Gasteiger partial charge is 0.150 e. The molecule has 0 aliphatic carbocycles. The van der Waals surface area contributed by atoms with Crippen LogP contribution in [0.5, 0.6) is 11.5 Å². The van der Waals surface area contributed by atoms with Crippen molar-refractivity contribution in [3.8, 4) is 11.5 Å². The second kappa shape index (κ2) is 4.91. The van der Waals surface area contributed by atoms with Crippen molar-refractivity contribution in [1.29, 1.82) is 0 Å². The van der Waals surface area contributed by atoms with Gasteiger partial charge in [-0.15, -0.1) is 0 Å². The number of hydrogen-bond donors (Lipinski definition) is 1. The van der Waals surface area contributed by atoms with Gasteiger partial charge in [0.05, 0.1) is 5.69 Å². The van der Waals surface area contributed by atoms with Crippen LogP contribution in [0.25, 0.3) is 0 Å². The first-order chi connectivity index (χ1) is 8.20. The van der Waals surface area contributed by atoms with E-state index in [9.17, 15) is 0 Å². The van der Waals surface area contributed by atoms with Gasteiger partial charge in [0.2, 0.25) is 0 Å². The molecule has 0 aliphatic rings. The molecule has 2 heteroatoms. The van der Waals surface area contributed by atoms with Crippen molar-refractivity contribution >= 4 is 5.69 Å². The average molecular weight is 227 g/mol. The Morgan fingerprint density at radius 1 is 1.06 bits per heavy atom. The minimum Gasteiger partial charge on any atom is -0.455 e. The van der Waals surface area contributed by atoms with Crippen LogP contribution in [0.1, 0.15) is 18.1 Å². The first-order valence-electron chi connectivity index (χ1n) is 5.82. The summed E-state index contributed by atoms with van der Waals surface area (Å²) in [5.74, 6) is 1.54.